The molecule has 0 aliphatic rings. The van der Waals surface area contributed by atoms with Crippen molar-refractivity contribution in [2.75, 3.05) is 20.6 Å². The molecule has 0 aromatic heterocycles. The van der Waals surface area contributed by atoms with Crippen LogP contribution in [0.4, 0.5) is 0 Å². The molecule has 3 N–H and O–H groups in total. The summed E-state index contributed by atoms with van der Waals surface area (Å²) in [4.78, 5) is 2.18. The third kappa shape index (κ3) is 15.9. The van der Waals surface area contributed by atoms with Gasteiger partial charge in [-0.25, -0.2) is 0 Å². The lowest BCUT2D eigenvalue weighted by Crippen LogP contribution is -2.11. The van der Waals surface area contributed by atoms with Crippen LogP contribution in [0.25, 0.3) is 0 Å². The molecule has 54 valence electrons. The van der Waals surface area contributed by atoms with Gasteiger partial charge in [0, 0.05) is 0 Å². The molecule has 0 aliphatic carbocycles. The Morgan fingerprint density at radius 2 is 1.62 bits per heavy atom. The minimum Gasteiger partial charge on any atom is -0.344 e. The first-order valence-corrected chi connectivity index (χ1v) is 2.42. The summed E-state index contributed by atoms with van der Waals surface area (Å²) in [5.41, 5.74) is 0. The van der Waals surface area contributed by atoms with Crippen molar-refractivity contribution in [3.8, 4) is 0 Å². The molecule has 0 aromatic carbocycles. The molecule has 0 bridgehead atoms. The Morgan fingerprint density at radius 3 is 1.62 bits per heavy atom. The van der Waals surface area contributed by atoms with Gasteiger partial charge in [0.1, 0.15) is 0 Å². The van der Waals surface area contributed by atoms with Gasteiger partial charge in [-0.3, -0.25) is 0 Å². The summed E-state index contributed by atoms with van der Waals surface area (Å²) >= 11 is 0. The molecule has 0 atom stereocenters. The summed E-state index contributed by atoms with van der Waals surface area (Å²) in [7, 11) is 4.17. The summed E-state index contributed by atoms with van der Waals surface area (Å²) < 4.78 is 0. The summed E-state index contributed by atoms with van der Waals surface area (Å²) in [6.45, 7) is 3.39. The maximum absolute atomic E-state index is 2.18. The third-order valence-electron chi connectivity index (χ3n) is 0.671. The van der Waals surface area contributed by atoms with E-state index in [0.29, 0.717) is 0 Å². The van der Waals surface area contributed by atoms with Gasteiger partial charge in [-0.05, 0) is 27.1 Å². The van der Waals surface area contributed by atoms with E-state index in [1.54, 1.807) is 0 Å². The molecule has 0 saturated heterocycles. The molecule has 0 spiro atoms. The second-order valence-electron chi connectivity index (χ2n) is 1.80. The van der Waals surface area contributed by atoms with Crippen molar-refractivity contribution in [2.24, 2.45) is 0 Å². The second kappa shape index (κ2) is 10.6. The maximum atomic E-state index is 2.18. The summed E-state index contributed by atoms with van der Waals surface area (Å²) in [5.74, 6) is 0. The van der Waals surface area contributed by atoms with Crippen LogP contribution < -0.4 is 6.15 Å². The van der Waals surface area contributed by atoms with Crippen molar-refractivity contribution >= 4 is 24.0 Å². The predicted molar refractivity (Wildman–Crippen MR) is 49.3 cm³/mol. The minimum absolute atomic E-state index is 0. The van der Waals surface area contributed by atoms with E-state index in [4.69, 9.17) is 0 Å². The van der Waals surface area contributed by atoms with E-state index in [9.17, 15) is 0 Å². The van der Waals surface area contributed by atoms with E-state index in [-0.39, 0.29) is 30.1 Å². The molecule has 0 unspecified atom stereocenters. The van der Waals surface area contributed by atoms with Crippen LogP contribution in [-0.2, 0) is 0 Å². The molecule has 8 heavy (non-hydrogen) atoms. The smallest absolute Gasteiger partial charge is 0.00275 e. The van der Waals surface area contributed by atoms with Crippen LogP contribution in [-0.4, -0.2) is 25.5 Å². The van der Waals surface area contributed by atoms with Crippen molar-refractivity contribution < 1.29 is 0 Å². The zero-order valence-corrected chi connectivity index (χ0v) is 8.31. The van der Waals surface area contributed by atoms with Gasteiger partial charge in [-0.1, -0.05) is 6.92 Å². The van der Waals surface area contributed by atoms with Gasteiger partial charge in [-0.15, -0.1) is 24.0 Å². The van der Waals surface area contributed by atoms with Crippen molar-refractivity contribution in [1.82, 2.24) is 11.1 Å². The summed E-state index contributed by atoms with van der Waals surface area (Å²) in [6, 6.07) is 0. The van der Waals surface area contributed by atoms with Crippen LogP contribution in [0.5, 0.6) is 0 Å². The van der Waals surface area contributed by atoms with Crippen LogP contribution in [0.2, 0.25) is 0 Å². The molecule has 0 fully saturated rings. The number of halogens is 1. The van der Waals surface area contributed by atoms with Gasteiger partial charge in [-0.2, -0.15) is 0 Å². The predicted octanol–water partition coefficient (Wildman–Crippen LogP) is 1.74. The molecule has 3 heteroatoms. The molecule has 0 aliphatic heterocycles. The topological polar surface area (TPSA) is 38.2 Å². The van der Waals surface area contributed by atoms with Crippen LogP contribution >= 0.6 is 24.0 Å². The fourth-order valence-corrected chi connectivity index (χ4v) is 0.447. The lowest BCUT2D eigenvalue weighted by Gasteiger charge is -2.03. The quantitative estimate of drug-likeness (QED) is 0.736. The Labute approximate surface area is 69.2 Å². The monoisotopic (exact) mass is 232 g/mol. The number of hydrogen-bond acceptors (Lipinski definition) is 2. The summed E-state index contributed by atoms with van der Waals surface area (Å²) in [6.07, 6.45) is 1.26. The van der Waals surface area contributed by atoms with Crippen molar-refractivity contribution in [1.29, 1.82) is 0 Å². The van der Waals surface area contributed by atoms with Gasteiger partial charge in [0.2, 0.25) is 0 Å². The lowest BCUT2D eigenvalue weighted by molar-refractivity contribution is 0.408. The molecular formula is C5H17IN2. The number of rotatable bonds is 2. The first-order chi connectivity index (χ1) is 2.77. The SMILES string of the molecule is CCCN(C)C.I.N. The second-order valence-corrected chi connectivity index (χ2v) is 1.80. The lowest BCUT2D eigenvalue weighted by atomic mass is 10.5. The molecule has 0 radical (unpaired) electrons. The van der Waals surface area contributed by atoms with Gasteiger partial charge in [0.25, 0.3) is 0 Å². The van der Waals surface area contributed by atoms with E-state index in [2.05, 4.69) is 25.9 Å². The fraction of sp³-hybridized carbons (Fsp3) is 1.00. The standard InChI is InChI=1S/C5H13N.HI.H3N/c1-4-5-6(2)3;;/h4-5H2,1-3H3;1H;1H3. The molecule has 2 nitrogen and oxygen atoms in total. The molecule has 0 aromatic rings. The van der Waals surface area contributed by atoms with E-state index in [1.807, 2.05) is 0 Å². The zero-order chi connectivity index (χ0) is 4.99. The third-order valence-corrected chi connectivity index (χ3v) is 0.671. The highest BCUT2D eigenvalue weighted by Gasteiger charge is 1.79. The minimum atomic E-state index is 0. The van der Waals surface area contributed by atoms with Crippen LogP contribution in [0.15, 0.2) is 0 Å². The van der Waals surface area contributed by atoms with Gasteiger partial charge in [0.05, 0.1) is 0 Å². The normalized spacial score (nSPS) is 7.50. The molecule has 0 saturated carbocycles. The molecular weight excluding hydrogens is 215 g/mol. The van der Waals surface area contributed by atoms with Crippen LogP contribution in [0, 0.1) is 0 Å². The van der Waals surface area contributed by atoms with E-state index < -0.39 is 0 Å². The number of hydrogen-bond donors (Lipinski definition) is 1. The zero-order valence-electron chi connectivity index (χ0n) is 5.98. The highest BCUT2D eigenvalue weighted by Crippen LogP contribution is 1.76. The largest absolute Gasteiger partial charge is 0.344 e. The molecule has 0 amide bonds. The highest BCUT2D eigenvalue weighted by molar-refractivity contribution is 14.0. The molecule has 0 heterocycles. The molecule has 0 rings (SSSR count). The average Bonchev–Trinajstić information content (AvgIpc) is 1.35. The average molecular weight is 232 g/mol. The van der Waals surface area contributed by atoms with Crippen molar-refractivity contribution in [3.63, 3.8) is 0 Å². The summed E-state index contributed by atoms with van der Waals surface area (Å²) in [5, 5.41) is 0. The Hall–Kier alpha value is 0.650. The van der Waals surface area contributed by atoms with E-state index in [0.717, 1.165) is 0 Å². The van der Waals surface area contributed by atoms with Gasteiger partial charge < -0.3 is 11.1 Å². The van der Waals surface area contributed by atoms with Gasteiger partial charge in [0.15, 0.2) is 0 Å². The first-order valence-electron chi connectivity index (χ1n) is 2.42. The first kappa shape index (κ1) is 15.9. The van der Waals surface area contributed by atoms with Crippen molar-refractivity contribution in [3.05, 3.63) is 0 Å². The highest BCUT2D eigenvalue weighted by atomic mass is 127. The Morgan fingerprint density at radius 1 is 1.25 bits per heavy atom. The Balaban J connectivity index is -0.000000125. The fourth-order valence-electron chi connectivity index (χ4n) is 0.447. The van der Waals surface area contributed by atoms with Crippen LogP contribution in [0.1, 0.15) is 13.3 Å². The maximum Gasteiger partial charge on any atom is -0.00275 e. The Kier molecular flexibility index (Phi) is 21.0. The van der Waals surface area contributed by atoms with E-state index in [1.165, 1.54) is 13.0 Å². The van der Waals surface area contributed by atoms with Crippen molar-refractivity contribution in [2.45, 2.75) is 13.3 Å². The van der Waals surface area contributed by atoms with Crippen LogP contribution in [0.3, 0.4) is 0 Å². The van der Waals surface area contributed by atoms with Gasteiger partial charge >= 0.3 is 0 Å². The number of nitrogens with zero attached hydrogens (tertiary/aromatic N) is 1. The van der Waals surface area contributed by atoms with E-state index >= 15 is 0 Å². The Bertz CT molecular complexity index is 31.6.